The first-order valence-electron chi connectivity index (χ1n) is 9.82. The van der Waals surface area contributed by atoms with Crippen molar-refractivity contribution in [2.45, 2.75) is 38.6 Å². The minimum Gasteiger partial charge on any atom is -0.482 e. The molecule has 3 aromatic rings. The third kappa shape index (κ3) is 5.57. The molecule has 11 heteroatoms. The summed E-state index contributed by atoms with van der Waals surface area (Å²) in [5.41, 5.74) is 1.05. The Bertz CT molecular complexity index is 1140. The number of nitro groups is 1. The largest absolute Gasteiger partial charge is 0.482 e. The zero-order valence-electron chi connectivity index (χ0n) is 17.7. The maximum absolute atomic E-state index is 12.4. The van der Waals surface area contributed by atoms with Crippen LogP contribution in [0.25, 0.3) is 0 Å². The van der Waals surface area contributed by atoms with E-state index in [2.05, 4.69) is 15.5 Å². The van der Waals surface area contributed by atoms with Gasteiger partial charge in [-0.3, -0.25) is 14.9 Å². The minimum atomic E-state index is -0.599. The number of benzene rings is 2. The van der Waals surface area contributed by atoms with Crippen molar-refractivity contribution in [2.24, 2.45) is 0 Å². The molecule has 1 N–H and O–H groups in total. The number of carbonyl (C=O) groups excluding carboxylic acids is 1. The molecule has 0 saturated carbocycles. The van der Waals surface area contributed by atoms with Gasteiger partial charge in [0.25, 0.3) is 5.69 Å². The molecule has 0 aliphatic heterocycles. The SMILES string of the molecule is CCn1c(SCC(=O)Nc2ccc(Cl)c([N+](=O)[O-])c2)nnc1C(C)Oc1ccccc1C. The maximum Gasteiger partial charge on any atom is 0.289 e. The van der Waals surface area contributed by atoms with Crippen LogP contribution in [0, 0.1) is 17.0 Å². The van der Waals surface area contributed by atoms with Crippen LogP contribution in [0.15, 0.2) is 47.6 Å². The van der Waals surface area contributed by atoms with Gasteiger partial charge >= 0.3 is 0 Å². The van der Waals surface area contributed by atoms with E-state index in [1.165, 1.54) is 30.0 Å². The highest BCUT2D eigenvalue weighted by molar-refractivity contribution is 7.99. The zero-order valence-corrected chi connectivity index (χ0v) is 19.3. The summed E-state index contributed by atoms with van der Waals surface area (Å²) in [6, 6.07) is 11.8. The summed E-state index contributed by atoms with van der Waals surface area (Å²) in [5, 5.41) is 22.7. The molecule has 1 atom stereocenters. The Hall–Kier alpha value is -3.11. The molecule has 0 aliphatic carbocycles. The van der Waals surface area contributed by atoms with Crippen LogP contribution < -0.4 is 10.1 Å². The van der Waals surface area contributed by atoms with Crippen LogP contribution in [-0.2, 0) is 11.3 Å². The van der Waals surface area contributed by atoms with E-state index in [4.69, 9.17) is 16.3 Å². The number of nitro benzene ring substituents is 1. The predicted octanol–water partition coefficient (Wildman–Crippen LogP) is 5.04. The Labute approximate surface area is 194 Å². The van der Waals surface area contributed by atoms with Crippen molar-refractivity contribution >= 4 is 40.6 Å². The van der Waals surface area contributed by atoms with E-state index in [9.17, 15) is 14.9 Å². The van der Waals surface area contributed by atoms with Crippen molar-refractivity contribution in [1.29, 1.82) is 0 Å². The molecule has 0 fully saturated rings. The molecule has 1 amide bonds. The molecule has 2 aromatic carbocycles. The van der Waals surface area contributed by atoms with Gasteiger partial charge in [0.15, 0.2) is 17.1 Å². The van der Waals surface area contributed by atoms with Crippen molar-refractivity contribution in [3.8, 4) is 5.75 Å². The van der Waals surface area contributed by atoms with Crippen LogP contribution in [0.2, 0.25) is 5.02 Å². The van der Waals surface area contributed by atoms with Crippen molar-refractivity contribution in [3.63, 3.8) is 0 Å². The van der Waals surface area contributed by atoms with E-state index in [1.807, 2.05) is 49.6 Å². The van der Waals surface area contributed by atoms with Gasteiger partial charge in [-0.05, 0) is 44.5 Å². The van der Waals surface area contributed by atoms with Gasteiger partial charge in [0.05, 0.1) is 10.7 Å². The molecular weight excluding hydrogens is 454 g/mol. The Morgan fingerprint density at radius 3 is 2.75 bits per heavy atom. The predicted molar refractivity (Wildman–Crippen MR) is 123 cm³/mol. The number of aromatic nitrogens is 3. The third-order valence-corrected chi connectivity index (χ3v) is 5.87. The quantitative estimate of drug-likeness (QED) is 0.262. The van der Waals surface area contributed by atoms with Gasteiger partial charge in [-0.2, -0.15) is 0 Å². The van der Waals surface area contributed by atoms with E-state index in [0.29, 0.717) is 23.2 Å². The summed E-state index contributed by atoms with van der Waals surface area (Å²) in [6.07, 6.45) is -0.332. The van der Waals surface area contributed by atoms with Crippen molar-refractivity contribution in [2.75, 3.05) is 11.1 Å². The standard InChI is InChI=1S/C21H22ClN5O4S/c1-4-26-20(14(3)31-18-8-6-5-7-13(18)2)24-25-21(26)32-12-19(28)23-15-9-10-16(22)17(11-15)27(29)30/h5-11,14H,4,12H2,1-3H3,(H,23,28). The lowest BCUT2D eigenvalue weighted by molar-refractivity contribution is -0.384. The molecule has 9 nitrogen and oxygen atoms in total. The first-order valence-corrected chi connectivity index (χ1v) is 11.2. The molecular formula is C21H22ClN5O4S. The molecule has 1 heterocycles. The molecule has 0 aliphatic rings. The van der Waals surface area contributed by atoms with Gasteiger partial charge in [0.1, 0.15) is 10.8 Å². The number of nitrogens with one attached hydrogen (secondary N) is 1. The number of ether oxygens (including phenoxy) is 1. The molecule has 0 saturated heterocycles. The molecule has 1 unspecified atom stereocenters. The van der Waals surface area contributed by atoms with E-state index in [-0.39, 0.29) is 28.5 Å². The number of nitrogens with zero attached hydrogens (tertiary/aromatic N) is 4. The van der Waals surface area contributed by atoms with E-state index >= 15 is 0 Å². The number of rotatable bonds is 9. The van der Waals surface area contributed by atoms with Crippen LogP contribution in [-0.4, -0.2) is 31.3 Å². The van der Waals surface area contributed by atoms with Crippen LogP contribution >= 0.6 is 23.4 Å². The molecule has 0 spiro atoms. The number of aryl methyl sites for hydroxylation is 1. The van der Waals surface area contributed by atoms with Crippen molar-refractivity contribution < 1.29 is 14.5 Å². The summed E-state index contributed by atoms with van der Waals surface area (Å²) < 4.78 is 7.95. The summed E-state index contributed by atoms with van der Waals surface area (Å²) >= 11 is 7.03. The Balaban J connectivity index is 1.65. The smallest absolute Gasteiger partial charge is 0.289 e. The highest BCUT2D eigenvalue weighted by Crippen LogP contribution is 2.28. The highest BCUT2D eigenvalue weighted by atomic mass is 35.5. The fourth-order valence-electron chi connectivity index (χ4n) is 2.99. The lowest BCUT2D eigenvalue weighted by Crippen LogP contribution is -2.15. The first-order chi connectivity index (χ1) is 15.3. The van der Waals surface area contributed by atoms with Crippen LogP contribution in [0.4, 0.5) is 11.4 Å². The van der Waals surface area contributed by atoms with Gasteiger partial charge in [-0.1, -0.05) is 41.6 Å². The lowest BCUT2D eigenvalue weighted by Gasteiger charge is -2.17. The number of thioether (sulfide) groups is 1. The van der Waals surface area contributed by atoms with Crippen molar-refractivity contribution in [1.82, 2.24) is 14.8 Å². The van der Waals surface area contributed by atoms with Gasteiger partial charge < -0.3 is 14.6 Å². The maximum atomic E-state index is 12.4. The summed E-state index contributed by atoms with van der Waals surface area (Å²) in [7, 11) is 0. The van der Waals surface area contributed by atoms with E-state index < -0.39 is 4.92 Å². The normalized spacial score (nSPS) is 11.8. The zero-order chi connectivity index (χ0) is 23.3. The average molecular weight is 476 g/mol. The third-order valence-electron chi connectivity index (χ3n) is 4.58. The fourth-order valence-corrected chi connectivity index (χ4v) is 3.99. The summed E-state index contributed by atoms with van der Waals surface area (Å²) in [5.74, 6) is 1.16. The molecule has 0 radical (unpaired) electrons. The number of amides is 1. The van der Waals surface area contributed by atoms with Crippen LogP contribution in [0.5, 0.6) is 5.75 Å². The molecule has 3 rings (SSSR count). The molecule has 1 aromatic heterocycles. The second-order valence-corrected chi connectivity index (χ2v) is 8.22. The second-order valence-electron chi connectivity index (χ2n) is 6.87. The molecule has 0 bridgehead atoms. The number of hydrogen-bond donors (Lipinski definition) is 1. The van der Waals surface area contributed by atoms with E-state index in [1.54, 1.807) is 0 Å². The minimum absolute atomic E-state index is 0.00739. The van der Waals surface area contributed by atoms with Crippen LogP contribution in [0.1, 0.15) is 31.3 Å². The average Bonchev–Trinajstić information content (AvgIpc) is 3.18. The van der Waals surface area contributed by atoms with Gasteiger partial charge in [-0.15, -0.1) is 10.2 Å². The number of hydrogen-bond acceptors (Lipinski definition) is 7. The topological polar surface area (TPSA) is 112 Å². The number of para-hydroxylation sites is 1. The Kier molecular flexibility index (Phi) is 7.70. The fraction of sp³-hybridized carbons (Fsp3) is 0.286. The Morgan fingerprint density at radius 2 is 2.06 bits per heavy atom. The highest BCUT2D eigenvalue weighted by Gasteiger charge is 2.20. The molecule has 168 valence electrons. The first kappa shape index (κ1) is 23.6. The summed E-state index contributed by atoms with van der Waals surface area (Å²) in [4.78, 5) is 22.8. The van der Waals surface area contributed by atoms with Crippen LogP contribution in [0.3, 0.4) is 0 Å². The van der Waals surface area contributed by atoms with Crippen molar-refractivity contribution in [3.05, 3.63) is 69.0 Å². The van der Waals surface area contributed by atoms with Gasteiger partial charge in [0, 0.05) is 18.3 Å². The Morgan fingerprint density at radius 1 is 1.31 bits per heavy atom. The van der Waals surface area contributed by atoms with Gasteiger partial charge in [-0.25, -0.2) is 0 Å². The number of carbonyl (C=O) groups is 1. The second kappa shape index (κ2) is 10.5. The summed E-state index contributed by atoms with van der Waals surface area (Å²) in [6.45, 7) is 6.44. The lowest BCUT2D eigenvalue weighted by atomic mass is 10.2. The molecule has 32 heavy (non-hydrogen) atoms. The monoisotopic (exact) mass is 475 g/mol. The van der Waals surface area contributed by atoms with Gasteiger partial charge in [0.2, 0.25) is 5.91 Å². The van der Waals surface area contributed by atoms with E-state index in [0.717, 1.165) is 11.3 Å². The number of halogens is 1. The number of anilines is 1.